The molecule has 8 nitrogen and oxygen atoms in total. The summed E-state index contributed by atoms with van der Waals surface area (Å²) in [6.07, 6.45) is 1.75. The molecule has 1 atom stereocenters. The molecule has 1 aromatic heterocycles. The van der Waals surface area contributed by atoms with Crippen molar-refractivity contribution in [1.29, 1.82) is 0 Å². The third-order valence-corrected chi connectivity index (χ3v) is 5.90. The van der Waals surface area contributed by atoms with E-state index in [1.54, 1.807) is 18.3 Å². The van der Waals surface area contributed by atoms with Crippen LogP contribution in [0, 0.1) is 5.82 Å². The van der Waals surface area contributed by atoms with Gasteiger partial charge in [-0.05, 0) is 37.3 Å². The minimum atomic E-state index is -0.315. The monoisotopic (exact) mass is 480 g/mol. The lowest BCUT2D eigenvalue weighted by Crippen LogP contribution is -2.36. The first kappa shape index (κ1) is 24.8. The highest BCUT2D eigenvalue weighted by atomic mass is 19.1. The molecule has 1 aliphatic rings. The van der Waals surface area contributed by atoms with Crippen molar-refractivity contribution in [2.75, 3.05) is 49.6 Å². The molecule has 0 radical (unpaired) electrons. The Hall–Kier alpha value is -3.30. The number of carbonyl (C=O) groups is 1. The topological polar surface area (TPSA) is 91.4 Å². The van der Waals surface area contributed by atoms with Gasteiger partial charge in [0.1, 0.15) is 11.6 Å². The number of fused-ring (bicyclic) bond motifs is 1. The molecule has 1 saturated heterocycles. The zero-order valence-corrected chi connectivity index (χ0v) is 20.5. The van der Waals surface area contributed by atoms with E-state index in [0.717, 1.165) is 24.5 Å². The molecule has 0 saturated carbocycles. The Morgan fingerprint density at radius 1 is 1.14 bits per heavy atom. The highest BCUT2D eigenvalue weighted by molar-refractivity contribution is 5.98. The summed E-state index contributed by atoms with van der Waals surface area (Å²) in [4.78, 5) is 24.7. The number of anilines is 2. The van der Waals surface area contributed by atoms with E-state index in [2.05, 4.69) is 39.7 Å². The summed E-state index contributed by atoms with van der Waals surface area (Å²) in [5, 5.41) is 9.59. The molecule has 1 unspecified atom stereocenters. The van der Waals surface area contributed by atoms with Crippen molar-refractivity contribution in [3.05, 3.63) is 59.5 Å². The van der Waals surface area contributed by atoms with Gasteiger partial charge in [-0.15, -0.1) is 0 Å². The van der Waals surface area contributed by atoms with Crippen molar-refractivity contribution in [2.24, 2.45) is 0 Å². The third-order valence-electron chi connectivity index (χ3n) is 5.90. The number of rotatable bonds is 9. The van der Waals surface area contributed by atoms with Crippen LogP contribution in [0.5, 0.6) is 0 Å². The number of nitrogens with one attached hydrogen (secondary N) is 3. The second-order valence-electron chi connectivity index (χ2n) is 9.00. The molecule has 0 bridgehead atoms. The minimum absolute atomic E-state index is 0.171. The van der Waals surface area contributed by atoms with Gasteiger partial charge in [0.25, 0.3) is 5.91 Å². The molecular weight excluding hydrogens is 447 g/mol. The largest absolute Gasteiger partial charge is 0.378 e. The lowest BCUT2D eigenvalue weighted by Gasteiger charge is -2.28. The average Bonchev–Trinajstić information content (AvgIpc) is 2.86. The molecule has 1 fully saturated rings. The molecule has 186 valence electrons. The Morgan fingerprint density at radius 2 is 1.94 bits per heavy atom. The first-order valence-corrected chi connectivity index (χ1v) is 12.1. The summed E-state index contributed by atoms with van der Waals surface area (Å²) in [5.74, 6) is 0.289. The van der Waals surface area contributed by atoms with Gasteiger partial charge in [0, 0.05) is 49.0 Å². The second-order valence-corrected chi connectivity index (χ2v) is 9.00. The van der Waals surface area contributed by atoms with Gasteiger partial charge in [0.15, 0.2) is 0 Å². The number of carbonyl (C=O) groups excluding carboxylic acids is 1. The second kappa shape index (κ2) is 11.4. The Morgan fingerprint density at radius 3 is 2.69 bits per heavy atom. The molecular formula is C26H33FN6O2. The number of morpholine rings is 1. The molecule has 35 heavy (non-hydrogen) atoms. The van der Waals surface area contributed by atoms with Crippen LogP contribution in [0.25, 0.3) is 11.0 Å². The van der Waals surface area contributed by atoms with E-state index < -0.39 is 0 Å². The summed E-state index contributed by atoms with van der Waals surface area (Å²) >= 11 is 0. The normalized spacial score (nSPS) is 14.8. The standard InChI is InChI=1S/C26H33FN6O2/c1-17(2)28-7-8-29-26(34)19-13-22(18(3)31-21-6-4-5-20(27)15-21)25-23(14-19)30-16-24(32-25)33-9-11-35-12-10-33/h4-6,13-18,28,31H,7-12H2,1-3H3,(H,29,34). The van der Waals surface area contributed by atoms with Gasteiger partial charge < -0.3 is 25.6 Å². The Labute approximate surface area is 205 Å². The summed E-state index contributed by atoms with van der Waals surface area (Å²) in [6, 6.07) is 10.1. The molecule has 0 aliphatic carbocycles. The maximum atomic E-state index is 13.8. The molecule has 3 aromatic rings. The van der Waals surface area contributed by atoms with Crippen molar-refractivity contribution in [3.63, 3.8) is 0 Å². The van der Waals surface area contributed by atoms with Crippen LogP contribution in [0.2, 0.25) is 0 Å². The van der Waals surface area contributed by atoms with Crippen LogP contribution in [0.15, 0.2) is 42.6 Å². The first-order chi connectivity index (χ1) is 16.9. The van der Waals surface area contributed by atoms with Crippen molar-refractivity contribution < 1.29 is 13.9 Å². The number of benzene rings is 2. The summed E-state index contributed by atoms with van der Waals surface area (Å²) < 4.78 is 19.2. The fourth-order valence-electron chi connectivity index (χ4n) is 4.08. The van der Waals surface area contributed by atoms with Crippen LogP contribution in [-0.2, 0) is 4.74 Å². The minimum Gasteiger partial charge on any atom is -0.378 e. The highest BCUT2D eigenvalue weighted by Crippen LogP contribution is 2.28. The first-order valence-electron chi connectivity index (χ1n) is 12.1. The van der Waals surface area contributed by atoms with E-state index >= 15 is 0 Å². The van der Waals surface area contributed by atoms with Crippen LogP contribution in [0.3, 0.4) is 0 Å². The predicted molar refractivity (Wildman–Crippen MR) is 136 cm³/mol. The number of ether oxygens (including phenoxy) is 1. The smallest absolute Gasteiger partial charge is 0.251 e. The van der Waals surface area contributed by atoms with Gasteiger partial charge in [-0.3, -0.25) is 9.78 Å². The van der Waals surface area contributed by atoms with E-state index in [1.807, 2.05) is 19.1 Å². The number of amides is 1. The molecule has 2 heterocycles. The van der Waals surface area contributed by atoms with Gasteiger partial charge in [-0.1, -0.05) is 19.9 Å². The Kier molecular flexibility index (Phi) is 8.09. The predicted octanol–water partition coefficient (Wildman–Crippen LogP) is 3.51. The number of nitrogens with zero attached hydrogens (tertiary/aromatic N) is 3. The molecule has 0 spiro atoms. The lowest BCUT2D eigenvalue weighted by molar-refractivity contribution is 0.0953. The number of aromatic nitrogens is 2. The summed E-state index contributed by atoms with van der Waals surface area (Å²) in [7, 11) is 0. The van der Waals surface area contributed by atoms with Gasteiger partial charge in [0.05, 0.1) is 36.5 Å². The van der Waals surface area contributed by atoms with Gasteiger partial charge in [-0.25, -0.2) is 9.37 Å². The van der Waals surface area contributed by atoms with E-state index in [-0.39, 0.29) is 17.8 Å². The Bertz CT molecular complexity index is 1170. The molecule has 4 rings (SSSR count). The average molecular weight is 481 g/mol. The number of halogens is 1. The maximum absolute atomic E-state index is 13.8. The molecule has 9 heteroatoms. The number of hydrogen-bond donors (Lipinski definition) is 3. The Balaban J connectivity index is 1.66. The van der Waals surface area contributed by atoms with Crippen LogP contribution >= 0.6 is 0 Å². The van der Waals surface area contributed by atoms with E-state index in [4.69, 9.17) is 9.72 Å². The van der Waals surface area contributed by atoms with E-state index in [1.165, 1.54) is 12.1 Å². The molecule has 1 aliphatic heterocycles. The zero-order valence-electron chi connectivity index (χ0n) is 20.5. The van der Waals surface area contributed by atoms with Gasteiger partial charge >= 0.3 is 0 Å². The lowest BCUT2D eigenvalue weighted by atomic mass is 10.0. The molecule has 3 N–H and O–H groups in total. The van der Waals surface area contributed by atoms with Crippen molar-refractivity contribution in [3.8, 4) is 0 Å². The zero-order chi connectivity index (χ0) is 24.8. The van der Waals surface area contributed by atoms with Crippen LogP contribution < -0.4 is 20.9 Å². The molecule has 2 aromatic carbocycles. The summed E-state index contributed by atoms with van der Waals surface area (Å²) in [6.45, 7) is 10.1. The van der Waals surface area contributed by atoms with Crippen molar-refractivity contribution in [2.45, 2.75) is 32.9 Å². The van der Waals surface area contributed by atoms with Crippen molar-refractivity contribution in [1.82, 2.24) is 20.6 Å². The van der Waals surface area contributed by atoms with Crippen LogP contribution in [-0.4, -0.2) is 61.3 Å². The molecule has 1 amide bonds. The van der Waals surface area contributed by atoms with E-state index in [9.17, 15) is 9.18 Å². The number of hydrogen-bond acceptors (Lipinski definition) is 7. The maximum Gasteiger partial charge on any atom is 0.251 e. The van der Waals surface area contributed by atoms with Crippen LogP contribution in [0.4, 0.5) is 15.9 Å². The SMILES string of the molecule is CC(C)NCCNC(=O)c1cc(C(C)Nc2cccc(F)c2)c2nc(N3CCOCC3)cnc2c1. The van der Waals surface area contributed by atoms with Crippen LogP contribution in [0.1, 0.15) is 42.7 Å². The quantitative estimate of drug-likeness (QED) is 0.404. The summed E-state index contributed by atoms with van der Waals surface area (Å²) in [5.41, 5.74) is 3.33. The van der Waals surface area contributed by atoms with Gasteiger partial charge in [-0.2, -0.15) is 0 Å². The van der Waals surface area contributed by atoms with Crippen molar-refractivity contribution >= 4 is 28.4 Å². The fourth-order valence-corrected chi connectivity index (χ4v) is 4.08. The fraction of sp³-hybridized carbons (Fsp3) is 0.423. The van der Waals surface area contributed by atoms with Gasteiger partial charge in [0.2, 0.25) is 0 Å². The van der Waals surface area contributed by atoms with E-state index in [0.29, 0.717) is 54.6 Å². The highest BCUT2D eigenvalue weighted by Gasteiger charge is 2.19. The third kappa shape index (κ3) is 6.43.